The van der Waals surface area contributed by atoms with Crippen LogP contribution in [-0.2, 0) is 4.79 Å². The summed E-state index contributed by atoms with van der Waals surface area (Å²) >= 11 is 0. The molecule has 90 valence electrons. The van der Waals surface area contributed by atoms with E-state index < -0.39 is 5.97 Å². The Kier molecular flexibility index (Phi) is 2.31. The number of fused-ring (bicyclic) bond motifs is 2. The van der Waals surface area contributed by atoms with Crippen molar-refractivity contribution in [3.05, 3.63) is 34.8 Å². The molecule has 0 saturated heterocycles. The standard InChI is InChI=1S/C13H14FNO2/c14-8-2-4-11-10(6-8)9-3-1-7(13(16)17)5-12(9)15-11/h2,6-7,11,15H,1,3-5H2,(H,16,17)/t7-,11-/m1/s1. The van der Waals surface area contributed by atoms with Crippen LogP contribution in [0, 0.1) is 5.92 Å². The van der Waals surface area contributed by atoms with Crippen LogP contribution in [-0.4, -0.2) is 17.1 Å². The van der Waals surface area contributed by atoms with Crippen molar-refractivity contribution in [2.75, 3.05) is 0 Å². The molecule has 0 aromatic rings. The fourth-order valence-corrected chi connectivity index (χ4v) is 2.93. The van der Waals surface area contributed by atoms with Gasteiger partial charge in [0, 0.05) is 12.1 Å². The van der Waals surface area contributed by atoms with Gasteiger partial charge >= 0.3 is 5.97 Å². The van der Waals surface area contributed by atoms with Gasteiger partial charge in [0.15, 0.2) is 0 Å². The van der Waals surface area contributed by atoms with Crippen LogP contribution in [0.4, 0.5) is 4.39 Å². The number of rotatable bonds is 1. The van der Waals surface area contributed by atoms with Gasteiger partial charge in [0.05, 0.1) is 12.0 Å². The number of halogens is 1. The molecular weight excluding hydrogens is 221 g/mol. The zero-order valence-electron chi connectivity index (χ0n) is 9.37. The van der Waals surface area contributed by atoms with E-state index in [0.29, 0.717) is 19.3 Å². The molecule has 3 rings (SSSR count). The maximum atomic E-state index is 13.2. The Morgan fingerprint density at radius 3 is 3.12 bits per heavy atom. The van der Waals surface area contributed by atoms with Gasteiger partial charge in [-0.25, -0.2) is 4.39 Å². The molecule has 0 fully saturated rings. The fourth-order valence-electron chi connectivity index (χ4n) is 2.93. The number of allylic oxidation sites excluding steroid dienone is 3. The summed E-state index contributed by atoms with van der Waals surface area (Å²) in [5.74, 6) is -1.20. The van der Waals surface area contributed by atoms with Crippen LogP contribution < -0.4 is 5.32 Å². The van der Waals surface area contributed by atoms with E-state index in [9.17, 15) is 9.18 Å². The van der Waals surface area contributed by atoms with Crippen LogP contribution in [0.3, 0.4) is 0 Å². The van der Waals surface area contributed by atoms with Crippen molar-refractivity contribution in [3.8, 4) is 0 Å². The first-order valence-corrected chi connectivity index (χ1v) is 5.94. The Balaban J connectivity index is 1.89. The number of nitrogens with one attached hydrogen (secondary N) is 1. The highest BCUT2D eigenvalue weighted by Crippen LogP contribution is 2.41. The Morgan fingerprint density at radius 1 is 1.53 bits per heavy atom. The molecule has 0 unspecified atom stereocenters. The van der Waals surface area contributed by atoms with E-state index in [2.05, 4.69) is 5.32 Å². The molecule has 1 heterocycles. The predicted molar refractivity (Wildman–Crippen MR) is 60.8 cm³/mol. The van der Waals surface area contributed by atoms with Gasteiger partial charge in [-0.05, 0) is 42.6 Å². The molecular formula is C13H14FNO2. The van der Waals surface area contributed by atoms with Crippen molar-refractivity contribution in [3.63, 3.8) is 0 Å². The summed E-state index contributed by atoms with van der Waals surface area (Å²) < 4.78 is 13.2. The van der Waals surface area contributed by atoms with Crippen LogP contribution >= 0.6 is 0 Å². The molecule has 2 aliphatic carbocycles. The SMILES string of the molecule is O=C(O)[C@@H]1CCC2=C(C1)N[C@@H]1CC=C(F)C=C21. The number of carbonyl (C=O) groups is 1. The van der Waals surface area contributed by atoms with Gasteiger partial charge in [-0.3, -0.25) is 4.79 Å². The second-order valence-electron chi connectivity index (χ2n) is 4.86. The minimum Gasteiger partial charge on any atom is -0.481 e. The average molecular weight is 235 g/mol. The topological polar surface area (TPSA) is 49.3 Å². The van der Waals surface area contributed by atoms with Gasteiger partial charge in [0.25, 0.3) is 0 Å². The number of hydrogen-bond acceptors (Lipinski definition) is 2. The van der Waals surface area contributed by atoms with Crippen molar-refractivity contribution >= 4 is 5.97 Å². The average Bonchev–Trinajstić information content (AvgIpc) is 2.66. The van der Waals surface area contributed by atoms with E-state index in [1.165, 1.54) is 0 Å². The van der Waals surface area contributed by atoms with E-state index in [0.717, 1.165) is 23.3 Å². The molecule has 3 nitrogen and oxygen atoms in total. The predicted octanol–water partition coefficient (Wildman–Crippen LogP) is 2.28. The largest absolute Gasteiger partial charge is 0.481 e. The van der Waals surface area contributed by atoms with Crippen molar-refractivity contribution in [2.45, 2.75) is 31.7 Å². The molecule has 0 radical (unpaired) electrons. The minimum atomic E-state index is -0.730. The smallest absolute Gasteiger partial charge is 0.306 e. The highest BCUT2D eigenvalue weighted by Gasteiger charge is 2.35. The van der Waals surface area contributed by atoms with Gasteiger partial charge in [-0.15, -0.1) is 0 Å². The molecule has 0 aromatic carbocycles. The number of aliphatic carboxylic acids is 1. The zero-order valence-corrected chi connectivity index (χ0v) is 9.37. The fraction of sp³-hybridized carbons (Fsp3) is 0.462. The van der Waals surface area contributed by atoms with Crippen molar-refractivity contribution < 1.29 is 14.3 Å². The molecule has 0 amide bonds. The monoisotopic (exact) mass is 235 g/mol. The van der Waals surface area contributed by atoms with Crippen LogP contribution in [0.2, 0.25) is 0 Å². The minimum absolute atomic E-state index is 0.159. The second kappa shape index (κ2) is 3.72. The van der Waals surface area contributed by atoms with Crippen molar-refractivity contribution in [2.24, 2.45) is 5.92 Å². The summed E-state index contributed by atoms with van der Waals surface area (Å²) in [6, 6.07) is 0.159. The lowest BCUT2D eigenvalue weighted by atomic mass is 9.84. The highest BCUT2D eigenvalue weighted by atomic mass is 19.1. The molecule has 0 spiro atoms. The lowest BCUT2D eigenvalue weighted by molar-refractivity contribution is -0.142. The Bertz CT molecular complexity index is 476. The van der Waals surface area contributed by atoms with E-state index in [-0.39, 0.29) is 17.8 Å². The molecule has 0 saturated carbocycles. The lowest BCUT2D eigenvalue weighted by Crippen LogP contribution is -2.26. The molecule has 1 aliphatic heterocycles. The van der Waals surface area contributed by atoms with Crippen molar-refractivity contribution in [1.29, 1.82) is 0 Å². The van der Waals surface area contributed by atoms with Crippen LogP contribution in [0.15, 0.2) is 34.8 Å². The third-order valence-electron chi connectivity index (χ3n) is 3.82. The Labute approximate surface area is 98.7 Å². The second-order valence-corrected chi connectivity index (χ2v) is 4.86. The van der Waals surface area contributed by atoms with E-state index >= 15 is 0 Å². The first-order valence-electron chi connectivity index (χ1n) is 5.94. The third kappa shape index (κ3) is 1.68. The highest BCUT2D eigenvalue weighted by molar-refractivity contribution is 5.71. The van der Waals surface area contributed by atoms with Gasteiger partial charge in [-0.2, -0.15) is 0 Å². The van der Waals surface area contributed by atoms with E-state index in [1.807, 2.05) is 0 Å². The third-order valence-corrected chi connectivity index (χ3v) is 3.82. The summed E-state index contributed by atoms with van der Waals surface area (Å²) in [6.45, 7) is 0. The first kappa shape index (κ1) is 10.6. The van der Waals surface area contributed by atoms with Crippen LogP contribution in [0.25, 0.3) is 0 Å². The molecule has 0 aromatic heterocycles. The van der Waals surface area contributed by atoms with E-state index in [1.54, 1.807) is 12.2 Å². The van der Waals surface area contributed by atoms with Gasteiger partial charge in [-0.1, -0.05) is 0 Å². The summed E-state index contributed by atoms with van der Waals surface area (Å²) in [5.41, 5.74) is 3.20. The van der Waals surface area contributed by atoms with Crippen LogP contribution in [0.1, 0.15) is 25.7 Å². The summed E-state index contributed by atoms with van der Waals surface area (Å²) in [7, 11) is 0. The van der Waals surface area contributed by atoms with Crippen molar-refractivity contribution in [1.82, 2.24) is 5.32 Å². The molecule has 2 N–H and O–H groups in total. The van der Waals surface area contributed by atoms with Crippen LogP contribution in [0.5, 0.6) is 0 Å². The zero-order chi connectivity index (χ0) is 12.0. The normalized spacial score (nSPS) is 31.1. The number of carboxylic acid groups (broad SMARTS) is 1. The number of hydrogen-bond donors (Lipinski definition) is 2. The summed E-state index contributed by atoms with van der Waals surface area (Å²) in [5, 5.41) is 12.4. The van der Waals surface area contributed by atoms with Gasteiger partial charge in [0.1, 0.15) is 5.83 Å². The maximum absolute atomic E-state index is 13.2. The Morgan fingerprint density at radius 2 is 2.35 bits per heavy atom. The Hall–Kier alpha value is -1.58. The molecule has 17 heavy (non-hydrogen) atoms. The quantitative estimate of drug-likeness (QED) is 0.733. The molecule has 4 heteroatoms. The summed E-state index contributed by atoms with van der Waals surface area (Å²) in [4.78, 5) is 11.0. The van der Waals surface area contributed by atoms with E-state index in [4.69, 9.17) is 5.11 Å². The summed E-state index contributed by atoms with van der Waals surface area (Å²) in [6.07, 6.45) is 5.78. The number of carboxylic acids is 1. The molecule has 3 aliphatic rings. The lowest BCUT2D eigenvalue weighted by Gasteiger charge is -2.20. The van der Waals surface area contributed by atoms with Gasteiger partial charge < -0.3 is 10.4 Å². The maximum Gasteiger partial charge on any atom is 0.306 e. The molecule has 2 atom stereocenters. The molecule has 0 bridgehead atoms. The van der Waals surface area contributed by atoms with Gasteiger partial charge in [0.2, 0.25) is 0 Å². The first-order chi connectivity index (χ1) is 8.15.